The summed E-state index contributed by atoms with van der Waals surface area (Å²) in [6, 6.07) is 11.9. The monoisotopic (exact) mass is 549 g/mol. The molecule has 210 valence electrons. The molecular formula is C33H35N5O3. The second-order valence-corrected chi connectivity index (χ2v) is 12.8. The number of H-pyrrole nitrogens is 1. The maximum atomic E-state index is 13.9. The number of rotatable bonds is 4. The first-order chi connectivity index (χ1) is 19.4. The molecule has 0 spiro atoms. The van der Waals surface area contributed by atoms with Gasteiger partial charge in [-0.1, -0.05) is 26.8 Å². The average Bonchev–Trinajstić information content (AvgIpc) is 3.52. The van der Waals surface area contributed by atoms with Crippen LogP contribution in [0, 0.1) is 17.2 Å². The van der Waals surface area contributed by atoms with Crippen molar-refractivity contribution in [2.75, 3.05) is 13.1 Å². The van der Waals surface area contributed by atoms with Gasteiger partial charge in [0, 0.05) is 64.9 Å². The van der Waals surface area contributed by atoms with E-state index in [1.165, 1.54) is 0 Å². The lowest BCUT2D eigenvalue weighted by atomic mass is 9.70. The fourth-order valence-corrected chi connectivity index (χ4v) is 6.18. The van der Waals surface area contributed by atoms with Crippen LogP contribution < -0.4 is 0 Å². The van der Waals surface area contributed by atoms with Crippen LogP contribution in [0.2, 0.25) is 0 Å². The van der Waals surface area contributed by atoms with Crippen LogP contribution in [0.1, 0.15) is 79.8 Å². The van der Waals surface area contributed by atoms with Crippen LogP contribution in [0.15, 0.2) is 42.7 Å². The van der Waals surface area contributed by atoms with Crippen molar-refractivity contribution < 1.29 is 14.3 Å². The van der Waals surface area contributed by atoms with Crippen molar-refractivity contribution in [3.8, 4) is 17.2 Å². The van der Waals surface area contributed by atoms with Crippen LogP contribution in [0.25, 0.3) is 22.0 Å². The summed E-state index contributed by atoms with van der Waals surface area (Å²) < 4.78 is 7.42. The number of nitrogens with zero attached hydrogens (tertiary/aromatic N) is 4. The molecule has 1 aliphatic heterocycles. The molecule has 3 heterocycles. The van der Waals surface area contributed by atoms with Crippen LogP contribution in [0.3, 0.4) is 0 Å². The fraction of sp³-hybridized carbons (Fsp3) is 0.394. The van der Waals surface area contributed by atoms with Gasteiger partial charge < -0.3 is 14.6 Å². The van der Waals surface area contributed by atoms with Crippen molar-refractivity contribution in [1.29, 1.82) is 5.26 Å². The zero-order valence-electron chi connectivity index (χ0n) is 24.5. The molecular weight excluding hydrogens is 514 g/mol. The normalized spacial score (nSPS) is 16.2. The van der Waals surface area contributed by atoms with E-state index in [1.807, 2.05) is 43.8 Å². The fourth-order valence-electron chi connectivity index (χ4n) is 6.18. The Bertz CT molecular complexity index is 1760. The number of benzene rings is 2. The summed E-state index contributed by atoms with van der Waals surface area (Å²) in [5, 5.41) is 14.9. The predicted molar refractivity (Wildman–Crippen MR) is 157 cm³/mol. The van der Waals surface area contributed by atoms with Crippen molar-refractivity contribution in [3.63, 3.8) is 0 Å². The highest BCUT2D eigenvalue weighted by molar-refractivity contribution is 6.20. The molecule has 2 aliphatic rings. The maximum Gasteiger partial charge on any atom is 0.410 e. The lowest BCUT2D eigenvalue weighted by Crippen LogP contribution is -2.52. The Balaban J connectivity index is 1.29. The molecule has 1 N–H and O–H groups in total. The second-order valence-electron chi connectivity index (χ2n) is 12.8. The number of aryl methyl sites for hydroxylation is 1. The summed E-state index contributed by atoms with van der Waals surface area (Å²) in [7, 11) is 0. The molecule has 0 radical (unpaired) electrons. The van der Waals surface area contributed by atoms with Gasteiger partial charge in [0.25, 0.3) is 0 Å². The molecule has 0 saturated carbocycles. The predicted octanol–water partition coefficient (Wildman–Crippen LogP) is 6.20. The number of likely N-dealkylation sites (tertiary alicyclic amines) is 1. The van der Waals surface area contributed by atoms with Gasteiger partial charge in [-0.05, 0) is 68.1 Å². The molecule has 8 nitrogen and oxygen atoms in total. The van der Waals surface area contributed by atoms with E-state index in [4.69, 9.17) is 4.74 Å². The van der Waals surface area contributed by atoms with E-state index < -0.39 is 11.0 Å². The third kappa shape index (κ3) is 4.50. The number of amides is 1. The van der Waals surface area contributed by atoms with Crippen LogP contribution >= 0.6 is 0 Å². The van der Waals surface area contributed by atoms with E-state index in [2.05, 4.69) is 55.3 Å². The molecule has 6 rings (SSSR count). The first-order valence-corrected chi connectivity index (χ1v) is 14.2. The van der Waals surface area contributed by atoms with Crippen molar-refractivity contribution in [1.82, 2.24) is 19.7 Å². The summed E-state index contributed by atoms with van der Waals surface area (Å²) >= 11 is 0. The number of ketones is 1. The Hall–Kier alpha value is -4.38. The van der Waals surface area contributed by atoms with E-state index in [1.54, 1.807) is 11.0 Å². The molecule has 0 unspecified atom stereocenters. The van der Waals surface area contributed by atoms with Gasteiger partial charge in [0.1, 0.15) is 5.60 Å². The van der Waals surface area contributed by atoms with E-state index in [0.717, 1.165) is 57.4 Å². The van der Waals surface area contributed by atoms with Gasteiger partial charge in [-0.15, -0.1) is 0 Å². The first kappa shape index (κ1) is 26.8. The van der Waals surface area contributed by atoms with Gasteiger partial charge in [0.15, 0.2) is 5.78 Å². The number of aromatic amines is 1. The van der Waals surface area contributed by atoms with E-state index in [0.29, 0.717) is 30.1 Å². The number of nitriles is 1. The summed E-state index contributed by atoms with van der Waals surface area (Å²) in [6.45, 7) is 14.0. The highest BCUT2D eigenvalue weighted by Crippen LogP contribution is 2.45. The van der Waals surface area contributed by atoms with Gasteiger partial charge in [-0.2, -0.15) is 10.4 Å². The van der Waals surface area contributed by atoms with Crippen LogP contribution in [0.4, 0.5) is 4.79 Å². The first-order valence-electron chi connectivity index (χ1n) is 14.2. The SMILES string of the molecule is CCc1cc2c(cc1-c1cnn(CC3CN(C(=O)OC(C)(C)C)C3)c1)C(C)(C)c1[nH]c3cc(C#N)ccc3c1C2=O. The zero-order chi connectivity index (χ0) is 29.3. The summed E-state index contributed by atoms with van der Waals surface area (Å²) in [5.41, 5.74) is 6.91. The highest BCUT2D eigenvalue weighted by atomic mass is 16.6. The molecule has 0 atom stereocenters. The molecule has 1 saturated heterocycles. The Morgan fingerprint density at radius 2 is 1.95 bits per heavy atom. The molecule has 41 heavy (non-hydrogen) atoms. The number of hydrogen-bond acceptors (Lipinski definition) is 5. The van der Waals surface area contributed by atoms with Gasteiger partial charge in [-0.3, -0.25) is 9.48 Å². The van der Waals surface area contributed by atoms with E-state index in [-0.39, 0.29) is 11.9 Å². The third-order valence-electron chi connectivity index (χ3n) is 8.32. The van der Waals surface area contributed by atoms with Gasteiger partial charge in [0.05, 0.1) is 23.4 Å². The third-order valence-corrected chi connectivity index (χ3v) is 8.32. The maximum absolute atomic E-state index is 13.9. The Morgan fingerprint density at radius 3 is 2.63 bits per heavy atom. The second kappa shape index (κ2) is 9.34. The summed E-state index contributed by atoms with van der Waals surface area (Å²) in [4.78, 5) is 31.4. The summed E-state index contributed by atoms with van der Waals surface area (Å²) in [5.74, 6) is 0.338. The molecule has 2 aromatic heterocycles. The highest BCUT2D eigenvalue weighted by Gasteiger charge is 2.40. The lowest BCUT2D eigenvalue weighted by molar-refractivity contribution is -0.00384. The smallest absolute Gasteiger partial charge is 0.410 e. The minimum atomic E-state index is -0.499. The molecule has 1 fully saturated rings. The number of fused-ring (bicyclic) bond motifs is 4. The number of ether oxygens (including phenoxy) is 1. The van der Waals surface area contributed by atoms with Crippen molar-refractivity contribution >= 4 is 22.8 Å². The zero-order valence-corrected chi connectivity index (χ0v) is 24.5. The quantitative estimate of drug-likeness (QED) is 0.326. The standard InChI is InChI=1S/C33H35N5O3/c1-7-21-11-25-26(33(5,6)30-28(29(25)39)23-9-8-19(13-34)10-27(23)36-30)12-24(21)22-14-35-38(18-22)17-20-15-37(16-20)31(40)41-32(2,3)4/h8-12,14,18,20,36H,7,15-17H2,1-6H3. The van der Waals surface area contributed by atoms with Crippen molar-refractivity contribution in [3.05, 3.63) is 76.2 Å². The van der Waals surface area contributed by atoms with Crippen molar-refractivity contribution in [2.24, 2.45) is 5.92 Å². The molecule has 1 aliphatic carbocycles. The molecule has 2 aromatic carbocycles. The van der Waals surface area contributed by atoms with Gasteiger partial charge >= 0.3 is 6.09 Å². The Kier molecular flexibility index (Phi) is 6.11. The van der Waals surface area contributed by atoms with Gasteiger partial charge in [-0.25, -0.2) is 4.79 Å². The molecule has 1 amide bonds. The number of nitrogens with one attached hydrogen (secondary N) is 1. The topological polar surface area (TPSA) is 104 Å². The van der Waals surface area contributed by atoms with E-state index >= 15 is 0 Å². The Morgan fingerprint density at radius 1 is 1.20 bits per heavy atom. The van der Waals surface area contributed by atoms with Crippen LogP contribution in [-0.2, 0) is 23.1 Å². The number of hydrogen-bond donors (Lipinski definition) is 1. The van der Waals surface area contributed by atoms with E-state index in [9.17, 15) is 14.9 Å². The average molecular weight is 550 g/mol. The largest absolute Gasteiger partial charge is 0.444 e. The lowest BCUT2D eigenvalue weighted by Gasteiger charge is -2.39. The van der Waals surface area contributed by atoms with Crippen LogP contribution in [-0.4, -0.2) is 50.2 Å². The number of carbonyl (C=O) groups is 2. The molecule has 8 heteroatoms. The minimum absolute atomic E-state index is 0.0155. The number of aromatic nitrogens is 3. The van der Waals surface area contributed by atoms with Crippen LogP contribution in [0.5, 0.6) is 0 Å². The summed E-state index contributed by atoms with van der Waals surface area (Å²) in [6.07, 6.45) is 4.46. The van der Waals surface area contributed by atoms with Gasteiger partial charge in [0.2, 0.25) is 0 Å². The minimum Gasteiger partial charge on any atom is -0.444 e. The van der Waals surface area contributed by atoms with Crippen molar-refractivity contribution in [2.45, 2.75) is 65.5 Å². The molecule has 0 bridgehead atoms. The Labute approximate surface area is 239 Å². The molecule has 4 aromatic rings. The number of carbonyl (C=O) groups excluding carboxylic acids is 2.